The molecule has 0 fully saturated rings. The van der Waals surface area contributed by atoms with E-state index >= 15 is 0 Å². The minimum Gasteiger partial charge on any atom is -0.310 e. The van der Waals surface area contributed by atoms with Crippen molar-refractivity contribution < 1.29 is 0 Å². The van der Waals surface area contributed by atoms with Crippen molar-refractivity contribution in [3.05, 3.63) is 315 Å². The molecule has 384 valence electrons. The highest BCUT2D eigenvalue weighted by Gasteiger charge is 2.24. The zero-order valence-electron chi connectivity index (χ0n) is 44.8. The van der Waals surface area contributed by atoms with Gasteiger partial charge in [-0.3, -0.25) is 0 Å². The summed E-state index contributed by atoms with van der Waals surface area (Å²) in [6.45, 7) is 0. The standard InChI is InChI=1S/C78H52N4/c1-4-25-56(26-5-1)79(76-48-53-22-10-13-31-63(53)66-34-16-19-37-69(66)76)59-40-42-60(43-41-59)82-74-46-44-61(80(57-27-6-2-7-28-57)77-49-54-23-11-14-32-64(54)67-35-17-20-38-70(67)77)51-72(74)73-52-62(45-47-75(73)82)81(58-29-8-3-9-30-58)78-50-55-24-12-15-33-65(55)68-36-18-21-39-71(68)78/h1-52H. The van der Waals surface area contributed by atoms with Crippen LogP contribution in [0.4, 0.5) is 51.2 Å². The molecule has 0 aliphatic carbocycles. The molecule has 4 nitrogen and oxygen atoms in total. The first kappa shape index (κ1) is 47.1. The van der Waals surface area contributed by atoms with Crippen LogP contribution in [0.5, 0.6) is 0 Å². The van der Waals surface area contributed by atoms with E-state index < -0.39 is 0 Å². The SMILES string of the molecule is c1ccc(N(c2ccc(-n3c4ccc(N(c5ccccc5)c5cc6ccccc6c6ccccc56)cc4c4cc(N(c5ccccc5)c5cc6ccccc6c6ccccc56)ccc43)cc2)c2cc3ccccc3c3ccccc23)cc1. The second-order valence-corrected chi connectivity index (χ2v) is 21.3. The highest BCUT2D eigenvalue weighted by Crippen LogP contribution is 2.48. The van der Waals surface area contributed by atoms with Gasteiger partial charge in [-0.1, -0.05) is 200 Å². The Morgan fingerprint density at radius 2 is 0.451 bits per heavy atom. The van der Waals surface area contributed by atoms with E-state index in [9.17, 15) is 0 Å². The van der Waals surface area contributed by atoms with Crippen LogP contribution in [-0.2, 0) is 0 Å². The van der Waals surface area contributed by atoms with E-state index in [0.717, 1.165) is 78.7 Å². The van der Waals surface area contributed by atoms with Crippen molar-refractivity contribution in [1.82, 2.24) is 4.57 Å². The van der Waals surface area contributed by atoms with Crippen LogP contribution in [0.3, 0.4) is 0 Å². The first-order chi connectivity index (χ1) is 40.7. The molecule has 0 amide bonds. The molecule has 1 aromatic heterocycles. The molecule has 15 aromatic carbocycles. The molecule has 0 N–H and O–H groups in total. The van der Waals surface area contributed by atoms with Gasteiger partial charge < -0.3 is 19.3 Å². The minimum absolute atomic E-state index is 1.07. The van der Waals surface area contributed by atoms with Gasteiger partial charge in [0.25, 0.3) is 0 Å². The lowest BCUT2D eigenvalue weighted by Gasteiger charge is -2.28. The number of hydrogen-bond donors (Lipinski definition) is 0. The van der Waals surface area contributed by atoms with Gasteiger partial charge in [0.15, 0.2) is 0 Å². The summed E-state index contributed by atoms with van der Waals surface area (Å²) < 4.78 is 2.46. The molecule has 0 aliphatic heterocycles. The molecule has 16 rings (SSSR count). The van der Waals surface area contributed by atoms with E-state index in [0.29, 0.717) is 0 Å². The van der Waals surface area contributed by atoms with Gasteiger partial charge in [0.05, 0.1) is 28.1 Å². The third kappa shape index (κ3) is 7.76. The summed E-state index contributed by atoms with van der Waals surface area (Å²) in [4.78, 5) is 7.30. The van der Waals surface area contributed by atoms with Crippen molar-refractivity contribution in [1.29, 1.82) is 0 Å². The van der Waals surface area contributed by atoms with E-state index in [4.69, 9.17) is 0 Å². The summed E-state index contributed by atoms with van der Waals surface area (Å²) in [7, 11) is 0. The number of fused-ring (bicyclic) bond motifs is 12. The number of rotatable bonds is 10. The molecule has 0 spiro atoms. The Labute approximate surface area is 475 Å². The van der Waals surface area contributed by atoms with E-state index in [1.54, 1.807) is 0 Å². The Kier molecular flexibility index (Phi) is 11.2. The normalized spacial score (nSPS) is 11.7. The fourth-order valence-electron chi connectivity index (χ4n) is 13.0. The smallest absolute Gasteiger partial charge is 0.0546 e. The third-order valence-electron chi connectivity index (χ3n) is 16.6. The van der Waals surface area contributed by atoms with Crippen LogP contribution in [0, 0.1) is 0 Å². The maximum Gasteiger partial charge on any atom is 0.0546 e. The average Bonchev–Trinajstić information content (AvgIpc) is 3.39. The molecule has 0 atom stereocenters. The molecule has 0 unspecified atom stereocenters. The zero-order chi connectivity index (χ0) is 54.1. The predicted molar refractivity (Wildman–Crippen MR) is 350 cm³/mol. The van der Waals surface area contributed by atoms with Crippen molar-refractivity contribution >= 4 is 138 Å². The van der Waals surface area contributed by atoms with Gasteiger partial charge in [0.2, 0.25) is 0 Å². The Bertz CT molecular complexity index is 4890. The Morgan fingerprint density at radius 1 is 0.183 bits per heavy atom. The van der Waals surface area contributed by atoms with Crippen LogP contribution >= 0.6 is 0 Å². The van der Waals surface area contributed by atoms with Crippen molar-refractivity contribution in [2.45, 2.75) is 0 Å². The van der Waals surface area contributed by atoms with E-state index in [-0.39, 0.29) is 0 Å². The molecule has 82 heavy (non-hydrogen) atoms. The zero-order valence-corrected chi connectivity index (χ0v) is 44.8. The highest BCUT2D eigenvalue weighted by atomic mass is 15.2. The molecule has 4 heteroatoms. The van der Waals surface area contributed by atoms with E-state index in [1.165, 1.54) is 64.6 Å². The van der Waals surface area contributed by atoms with Gasteiger partial charge in [0, 0.05) is 66.7 Å². The minimum atomic E-state index is 1.07. The monoisotopic (exact) mass is 1040 g/mol. The Hall–Kier alpha value is -10.9. The van der Waals surface area contributed by atoms with Crippen LogP contribution in [0.25, 0.3) is 92.1 Å². The van der Waals surface area contributed by atoms with Crippen LogP contribution in [-0.4, -0.2) is 4.57 Å². The maximum absolute atomic E-state index is 2.46. The summed E-state index contributed by atoms with van der Waals surface area (Å²) in [5.74, 6) is 0. The number of anilines is 9. The van der Waals surface area contributed by atoms with Crippen LogP contribution in [0.15, 0.2) is 315 Å². The first-order valence-corrected chi connectivity index (χ1v) is 28.2. The summed E-state index contributed by atoms with van der Waals surface area (Å²) >= 11 is 0. The molecule has 0 bridgehead atoms. The summed E-state index contributed by atoms with van der Waals surface area (Å²) in [5, 5.41) is 16.9. The quantitative estimate of drug-likeness (QED) is 0.127. The average molecular weight is 1050 g/mol. The first-order valence-electron chi connectivity index (χ1n) is 28.2. The highest BCUT2D eigenvalue weighted by molar-refractivity contribution is 6.19. The summed E-state index contributed by atoms with van der Waals surface area (Å²) in [5.41, 5.74) is 13.2. The maximum atomic E-state index is 2.46. The molecule has 0 aliphatic rings. The number of para-hydroxylation sites is 3. The van der Waals surface area contributed by atoms with E-state index in [2.05, 4.69) is 335 Å². The lowest BCUT2D eigenvalue weighted by molar-refractivity contribution is 1.17. The van der Waals surface area contributed by atoms with Crippen LogP contribution in [0.2, 0.25) is 0 Å². The molecule has 16 aromatic rings. The van der Waals surface area contributed by atoms with Gasteiger partial charge >= 0.3 is 0 Å². The lowest BCUT2D eigenvalue weighted by atomic mass is 9.98. The molecule has 0 saturated heterocycles. The second kappa shape index (κ2) is 19.5. The van der Waals surface area contributed by atoms with Crippen molar-refractivity contribution in [2.24, 2.45) is 0 Å². The lowest BCUT2D eigenvalue weighted by Crippen LogP contribution is -2.11. The van der Waals surface area contributed by atoms with Gasteiger partial charge in [-0.2, -0.15) is 0 Å². The fraction of sp³-hybridized carbons (Fsp3) is 0. The number of hydrogen-bond acceptors (Lipinski definition) is 3. The largest absolute Gasteiger partial charge is 0.310 e. The predicted octanol–water partition coefficient (Wildman–Crippen LogP) is 22.1. The summed E-state index contributed by atoms with van der Waals surface area (Å²) in [6.07, 6.45) is 0. The van der Waals surface area contributed by atoms with Gasteiger partial charge in [0.1, 0.15) is 0 Å². The topological polar surface area (TPSA) is 14.7 Å². The molecule has 1 heterocycles. The Balaban J connectivity index is 0.934. The number of benzene rings is 15. The van der Waals surface area contributed by atoms with Crippen LogP contribution < -0.4 is 14.7 Å². The second-order valence-electron chi connectivity index (χ2n) is 21.3. The molecule has 0 radical (unpaired) electrons. The summed E-state index contributed by atoms with van der Waals surface area (Å²) in [6, 6.07) is 116. The third-order valence-corrected chi connectivity index (χ3v) is 16.6. The molecule has 0 saturated carbocycles. The van der Waals surface area contributed by atoms with Gasteiger partial charge in [-0.25, -0.2) is 0 Å². The Morgan fingerprint density at radius 3 is 0.805 bits per heavy atom. The molecular weight excluding hydrogens is 993 g/mol. The van der Waals surface area contributed by atoms with Gasteiger partial charge in [-0.15, -0.1) is 0 Å². The molecular formula is C78H52N4. The van der Waals surface area contributed by atoms with Crippen molar-refractivity contribution in [2.75, 3.05) is 14.7 Å². The van der Waals surface area contributed by atoms with E-state index in [1.807, 2.05) is 0 Å². The number of nitrogens with zero attached hydrogens (tertiary/aromatic N) is 4. The van der Waals surface area contributed by atoms with Crippen molar-refractivity contribution in [3.8, 4) is 5.69 Å². The van der Waals surface area contributed by atoms with Gasteiger partial charge in [-0.05, 0) is 164 Å². The fourth-order valence-corrected chi connectivity index (χ4v) is 13.0. The number of aromatic nitrogens is 1. The van der Waals surface area contributed by atoms with Crippen molar-refractivity contribution in [3.63, 3.8) is 0 Å². The van der Waals surface area contributed by atoms with Crippen LogP contribution in [0.1, 0.15) is 0 Å².